The summed E-state index contributed by atoms with van der Waals surface area (Å²) in [6.45, 7) is 4.35. The van der Waals surface area contributed by atoms with E-state index >= 15 is 0 Å². The lowest BCUT2D eigenvalue weighted by Crippen LogP contribution is -2.49. The van der Waals surface area contributed by atoms with Crippen LogP contribution in [0.1, 0.15) is 6.92 Å². The summed E-state index contributed by atoms with van der Waals surface area (Å²) in [5.41, 5.74) is 7.34. The maximum Gasteiger partial charge on any atom is 0.245 e. The Labute approximate surface area is 124 Å². The normalized spacial score (nSPS) is 16.9. The van der Waals surface area contributed by atoms with Gasteiger partial charge >= 0.3 is 0 Å². The molecule has 1 saturated heterocycles. The number of nitrogens with zero attached hydrogens (tertiary/aromatic N) is 2. The van der Waals surface area contributed by atoms with Crippen LogP contribution in [0.25, 0.3) is 0 Å². The number of hydrogen-bond donors (Lipinski definition) is 1. The maximum atomic E-state index is 12.5. The second-order valence-corrected chi connectivity index (χ2v) is 5.36. The first-order chi connectivity index (χ1) is 9.50. The van der Waals surface area contributed by atoms with Crippen LogP contribution in [-0.4, -0.2) is 50.2 Å². The number of likely N-dealkylation sites (N-methyl/N-ethyl adjacent to an activating group) is 1. The highest BCUT2D eigenvalue weighted by Crippen LogP contribution is 2.27. The predicted octanol–water partition coefficient (Wildman–Crippen LogP) is 1.61. The van der Waals surface area contributed by atoms with Crippen molar-refractivity contribution in [2.24, 2.45) is 0 Å². The minimum atomic E-state index is -0.297. The van der Waals surface area contributed by atoms with Crippen LogP contribution in [0.4, 0.5) is 11.4 Å². The van der Waals surface area contributed by atoms with Gasteiger partial charge < -0.3 is 20.3 Å². The molecular weight excluding hydrogens is 278 g/mol. The molecule has 0 bridgehead atoms. The average molecular weight is 298 g/mol. The number of nitrogens with two attached hydrogens (primary N) is 1. The van der Waals surface area contributed by atoms with Crippen molar-refractivity contribution in [3.63, 3.8) is 0 Å². The van der Waals surface area contributed by atoms with E-state index in [1.807, 2.05) is 23.8 Å². The van der Waals surface area contributed by atoms with Gasteiger partial charge in [0.1, 0.15) is 6.04 Å². The van der Waals surface area contributed by atoms with Crippen LogP contribution in [0.2, 0.25) is 5.02 Å². The van der Waals surface area contributed by atoms with Crippen LogP contribution >= 0.6 is 11.6 Å². The molecule has 6 heteroatoms. The SMILES string of the molecule is CC(C(=O)N1CCOCC1)N(C)c1cc(Cl)ccc1N. The van der Waals surface area contributed by atoms with Gasteiger partial charge in [-0.3, -0.25) is 4.79 Å². The number of benzene rings is 1. The van der Waals surface area contributed by atoms with Gasteiger partial charge in [-0.1, -0.05) is 11.6 Å². The molecule has 1 aliphatic heterocycles. The zero-order chi connectivity index (χ0) is 14.7. The van der Waals surface area contributed by atoms with E-state index in [0.717, 1.165) is 5.69 Å². The molecule has 1 fully saturated rings. The summed E-state index contributed by atoms with van der Waals surface area (Å²) >= 11 is 6.00. The van der Waals surface area contributed by atoms with E-state index in [1.54, 1.807) is 18.2 Å². The van der Waals surface area contributed by atoms with Gasteiger partial charge in [0.2, 0.25) is 5.91 Å². The number of carbonyl (C=O) groups excluding carboxylic acids is 1. The van der Waals surface area contributed by atoms with E-state index in [1.165, 1.54) is 0 Å². The third-order valence-corrected chi connectivity index (χ3v) is 3.87. The zero-order valence-electron chi connectivity index (χ0n) is 11.8. The van der Waals surface area contributed by atoms with Gasteiger partial charge in [-0.05, 0) is 25.1 Å². The fraction of sp³-hybridized carbons (Fsp3) is 0.500. The first kappa shape index (κ1) is 14.9. The molecule has 110 valence electrons. The molecule has 1 atom stereocenters. The monoisotopic (exact) mass is 297 g/mol. The predicted molar refractivity (Wildman–Crippen MR) is 81.1 cm³/mol. The van der Waals surface area contributed by atoms with Crippen molar-refractivity contribution in [3.05, 3.63) is 23.2 Å². The van der Waals surface area contributed by atoms with E-state index in [4.69, 9.17) is 22.1 Å². The average Bonchev–Trinajstić information content (AvgIpc) is 2.48. The van der Waals surface area contributed by atoms with Crippen molar-refractivity contribution < 1.29 is 9.53 Å². The van der Waals surface area contributed by atoms with Gasteiger partial charge in [0.25, 0.3) is 0 Å². The van der Waals surface area contributed by atoms with Crippen LogP contribution in [0.5, 0.6) is 0 Å². The van der Waals surface area contributed by atoms with Crippen molar-refractivity contribution in [2.75, 3.05) is 44.0 Å². The molecule has 0 spiro atoms. The third kappa shape index (κ3) is 3.16. The summed E-state index contributed by atoms with van der Waals surface area (Å²) in [6, 6.07) is 4.97. The van der Waals surface area contributed by atoms with E-state index in [2.05, 4.69) is 0 Å². The fourth-order valence-corrected chi connectivity index (χ4v) is 2.41. The van der Waals surface area contributed by atoms with E-state index in [0.29, 0.717) is 37.0 Å². The number of halogens is 1. The Hall–Kier alpha value is -1.46. The van der Waals surface area contributed by atoms with Gasteiger partial charge in [0.15, 0.2) is 0 Å². The number of ether oxygens (including phenoxy) is 1. The minimum Gasteiger partial charge on any atom is -0.397 e. The third-order valence-electron chi connectivity index (χ3n) is 3.63. The van der Waals surface area contributed by atoms with Gasteiger partial charge in [0.05, 0.1) is 24.6 Å². The summed E-state index contributed by atoms with van der Waals surface area (Å²) in [6.07, 6.45) is 0. The molecule has 1 unspecified atom stereocenters. The summed E-state index contributed by atoms with van der Waals surface area (Å²) in [5, 5.41) is 0.604. The number of carbonyl (C=O) groups is 1. The number of anilines is 2. The van der Waals surface area contributed by atoms with Crippen molar-refractivity contribution >= 4 is 28.9 Å². The Morgan fingerprint density at radius 3 is 2.75 bits per heavy atom. The molecule has 0 aromatic heterocycles. The summed E-state index contributed by atoms with van der Waals surface area (Å²) in [4.78, 5) is 16.1. The Morgan fingerprint density at radius 2 is 2.10 bits per heavy atom. The standard InChI is InChI=1S/C14H20ClN3O2/c1-10(14(19)18-5-7-20-8-6-18)17(2)13-9-11(15)3-4-12(13)16/h3-4,9-10H,5-8,16H2,1-2H3. The Morgan fingerprint density at radius 1 is 1.45 bits per heavy atom. The largest absolute Gasteiger partial charge is 0.397 e. The summed E-state index contributed by atoms with van der Waals surface area (Å²) in [5.74, 6) is 0.0789. The molecule has 1 aromatic rings. The van der Waals surface area contributed by atoms with Crippen LogP contribution in [0.3, 0.4) is 0 Å². The van der Waals surface area contributed by atoms with Crippen LogP contribution in [-0.2, 0) is 9.53 Å². The molecule has 0 radical (unpaired) electrons. The second-order valence-electron chi connectivity index (χ2n) is 4.93. The highest BCUT2D eigenvalue weighted by atomic mass is 35.5. The van der Waals surface area contributed by atoms with Gasteiger partial charge in [0, 0.05) is 25.2 Å². The quantitative estimate of drug-likeness (QED) is 0.861. The Kier molecular flexibility index (Phi) is 4.73. The molecule has 1 aliphatic rings. The summed E-state index contributed by atoms with van der Waals surface area (Å²) in [7, 11) is 1.85. The van der Waals surface area contributed by atoms with Crippen molar-refractivity contribution in [1.82, 2.24) is 4.90 Å². The maximum absolute atomic E-state index is 12.5. The molecule has 0 saturated carbocycles. The van der Waals surface area contributed by atoms with Gasteiger partial charge in [-0.15, -0.1) is 0 Å². The van der Waals surface area contributed by atoms with Crippen LogP contribution < -0.4 is 10.6 Å². The van der Waals surface area contributed by atoms with Crippen molar-refractivity contribution in [1.29, 1.82) is 0 Å². The molecule has 2 rings (SSSR count). The lowest BCUT2D eigenvalue weighted by molar-refractivity contribution is -0.136. The second kappa shape index (κ2) is 6.33. The lowest BCUT2D eigenvalue weighted by atomic mass is 10.2. The van der Waals surface area contributed by atoms with Crippen LogP contribution in [0, 0.1) is 0 Å². The topological polar surface area (TPSA) is 58.8 Å². The van der Waals surface area contributed by atoms with Crippen LogP contribution in [0.15, 0.2) is 18.2 Å². The molecule has 5 nitrogen and oxygen atoms in total. The first-order valence-electron chi connectivity index (χ1n) is 6.65. The number of amides is 1. The Bertz CT molecular complexity index is 489. The Balaban J connectivity index is 2.12. The van der Waals surface area contributed by atoms with E-state index < -0.39 is 0 Å². The molecule has 20 heavy (non-hydrogen) atoms. The molecule has 1 aromatic carbocycles. The van der Waals surface area contributed by atoms with E-state index in [-0.39, 0.29) is 11.9 Å². The number of nitrogen functional groups attached to an aromatic ring is 1. The first-order valence-corrected chi connectivity index (χ1v) is 7.03. The summed E-state index contributed by atoms with van der Waals surface area (Å²) < 4.78 is 5.26. The van der Waals surface area contributed by atoms with E-state index in [9.17, 15) is 4.79 Å². The number of morpholine rings is 1. The molecule has 2 N–H and O–H groups in total. The minimum absolute atomic E-state index is 0.0789. The molecular formula is C14H20ClN3O2. The van der Waals surface area contributed by atoms with Crippen molar-refractivity contribution in [3.8, 4) is 0 Å². The number of rotatable bonds is 3. The smallest absolute Gasteiger partial charge is 0.245 e. The highest BCUT2D eigenvalue weighted by Gasteiger charge is 2.26. The van der Waals surface area contributed by atoms with Gasteiger partial charge in [-0.2, -0.15) is 0 Å². The van der Waals surface area contributed by atoms with Gasteiger partial charge in [-0.25, -0.2) is 0 Å². The zero-order valence-corrected chi connectivity index (χ0v) is 12.6. The number of hydrogen-bond acceptors (Lipinski definition) is 4. The van der Waals surface area contributed by atoms with Crippen molar-refractivity contribution in [2.45, 2.75) is 13.0 Å². The molecule has 1 amide bonds. The molecule has 1 heterocycles. The molecule has 0 aliphatic carbocycles. The lowest BCUT2D eigenvalue weighted by Gasteiger charge is -2.34. The fourth-order valence-electron chi connectivity index (χ4n) is 2.24. The highest BCUT2D eigenvalue weighted by molar-refractivity contribution is 6.31.